The van der Waals surface area contributed by atoms with E-state index in [0.717, 1.165) is 0 Å². The third-order valence-electron chi connectivity index (χ3n) is 3.07. The number of rotatable bonds is 3. The Hall–Kier alpha value is -1.33. The van der Waals surface area contributed by atoms with Crippen molar-refractivity contribution in [2.24, 2.45) is 0 Å². The van der Waals surface area contributed by atoms with Crippen molar-refractivity contribution in [3.05, 3.63) is 29.6 Å². The molecule has 0 saturated carbocycles. The quantitative estimate of drug-likeness (QED) is 0.797. The summed E-state index contributed by atoms with van der Waals surface area (Å²) in [5.74, 6) is -0.378. The molecule has 0 N–H and O–H groups in total. The van der Waals surface area contributed by atoms with Crippen molar-refractivity contribution in [1.29, 1.82) is 0 Å². The molecule has 0 aromatic heterocycles. The molecule has 0 spiro atoms. The Labute approximate surface area is 116 Å². The fraction of sp³-hybridized carbons (Fsp3) is 0.462. The molecule has 1 saturated heterocycles. The highest BCUT2D eigenvalue weighted by Crippen LogP contribution is 2.20. The van der Waals surface area contributed by atoms with Crippen molar-refractivity contribution in [3.8, 4) is 5.75 Å². The molecule has 1 heterocycles. The van der Waals surface area contributed by atoms with E-state index >= 15 is 0 Å². The van der Waals surface area contributed by atoms with E-state index in [1.165, 1.54) is 19.2 Å². The summed E-state index contributed by atoms with van der Waals surface area (Å²) >= 11 is 5.82. The second kappa shape index (κ2) is 6.21. The average Bonchev–Trinajstić information content (AvgIpc) is 2.46. The molecule has 1 unspecified atom stereocenters. The van der Waals surface area contributed by atoms with Crippen molar-refractivity contribution in [2.75, 3.05) is 32.7 Å². The zero-order valence-electron chi connectivity index (χ0n) is 10.6. The van der Waals surface area contributed by atoms with E-state index in [0.29, 0.717) is 25.6 Å². The number of carbonyl (C=O) groups excluding carboxylic acids is 1. The molecular formula is C13H15ClFNO3. The molecule has 4 nitrogen and oxygen atoms in total. The van der Waals surface area contributed by atoms with Gasteiger partial charge in [-0.25, -0.2) is 4.39 Å². The Morgan fingerprint density at radius 1 is 1.63 bits per heavy atom. The van der Waals surface area contributed by atoms with Crippen LogP contribution in [-0.4, -0.2) is 49.6 Å². The number of morpholine rings is 1. The van der Waals surface area contributed by atoms with Crippen molar-refractivity contribution < 1.29 is 18.7 Å². The first-order valence-electron chi connectivity index (χ1n) is 5.95. The van der Waals surface area contributed by atoms with Gasteiger partial charge >= 0.3 is 0 Å². The summed E-state index contributed by atoms with van der Waals surface area (Å²) < 4.78 is 23.7. The maximum Gasteiger partial charge on any atom is 0.254 e. The standard InChI is InChI=1S/C13H15ClFNO3/c1-18-12-3-2-9(6-11(12)15)13(17)16-4-5-19-8-10(16)7-14/h2-3,6,10H,4-5,7-8H2,1H3. The van der Waals surface area contributed by atoms with Crippen LogP contribution in [-0.2, 0) is 4.74 Å². The van der Waals surface area contributed by atoms with Gasteiger partial charge in [0.15, 0.2) is 11.6 Å². The van der Waals surface area contributed by atoms with Gasteiger partial charge in [-0.15, -0.1) is 11.6 Å². The average molecular weight is 288 g/mol. The van der Waals surface area contributed by atoms with Crippen LogP contribution in [0.2, 0.25) is 0 Å². The Bertz CT molecular complexity index is 469. The summed E-state index contributed by atoms with van der Waals surface area (Å²) in [5, 5.41) is 0. The molecule has 0 bridgehead atoms. The van der Waals surface area contributed by atoms with Gasteiger partial charge in [-0.2, -0.15) is 0 Å². The molecule has 0 aliphatic carbocycles. The third-order valence-corrected chi connectivity index (χ3v) is 3.42. The van der Waals surface area contributed by atoms with Gasteiger partial charge in [0.05, 0.1) is 26.4 Å². The van der Waals surface area contributed by atoms with Crippen LogP contribution in [0.4, 0.5) is 4.39 Å². The van der Waals surface area contributed by atoms with Crippen LogP contribution in [0.5, 0.6) is 5.75 Å². The highest BCUT2D eigenvalue weighted by atomic mass is 35.5. The van der Waals surface area contributed by atoms with Gasteiger partial charge in [-0.05, 0) is 18.2 Å². The lowest BCUT2D eigenvalue weighted by Crippen LogP contribution is -2.49. The predicted molar refractivity (Wildman–Crippen MR) is 69.3 cm³/mol. The Morgan fingerprint density at radius 3 is 3.05 bits per heavy atom. The van der Waals surface area contributed by atoms with Gasteiger partial charge < -0.3 is 14.4 Å². The minimum absolute atomic E-state index is 0.118. The van der Waals surface area contributed by atoms with E-state index in [1.54, 1.807) is 11.0 Å². The van der Waals surface area contributed by atoms with Crippen LogP contribution in [0.25, 0.3) is 0 Å². The minimum atomic E-state index is -0.552. The normalized spacial score (nSPS) is 19.3. The van der Waals surface area contributed by atoms with Crippen LogP contribution in [0.1, 0.15) is 10.4 Å². The molecule has 104 valence electrons. The largest absolute Gasteiger partial charge is 0.494 e. The number of carbonyl (C=O) groups is 1. The van der Waals surface area contributed by atoms with Gasteiger partial charge in [0.1, 0.15) is 0 Å². The van der Waals surface area contributed by atoms with E-state index in [4.69, 9.17) is 21.1 Å². The van der Waals surface area contributed by atoms with E-state index in [9.17, 15) is 9.18 Å². The van der Waals surface area contributed by atoms with Gasteiger partial charge in [-0.3, -0.25) is 4.79 Å². The SMILES string of the molecule is COc1ccc(C(=O)N2CCOCC2CCl)cc1F. The molecular weight excluding hydrogens is 273 g/mol. The summed E-state index contributed by atoms with van der Waals surface area (Å²) in [4.78, 5) is 13.9. The fourth-order valence-electron chi connectivity index (χ4n) is 2.02. The zero-order valence-corrected chi connectivity index (χ0v) is 11.3. The van der Waals surface area contributed by atoms with Crippen molar-refractivity contribution >= 4 is 17.5 Å². The Morgan fingerprint density at radius 2 is 2.42 bits per heavy atom. The first-order valence-corrected chi connectivity index (χ1v) is 6.49. The lowest BCUT2D eigenvalue weighted by Gasteiger charge is -2.34. The molecule has 1 amide bonds. The lowest BCUT2D eigenvalue weighted by molar-refractivity contribution is 0.00453. The van der Waals surface area contributed by atoms with Crippen LogP contribution in [0.3, 0.4) is 0 Å². The molecule has 1 aliphatic heterocycles. The molecule has 2 rings (SSSR count). The van der Waals surface area contributed by atoms with Gasteiger partial charge in [0, 0.05) is 18.0 Å². The van der Waals surface area contributed by atoms with E-state index < -0.39 is 5.82 Å². The number of nitrogens with zero attached hydrogens (tertiary/aromatic N) is 1. The Kier molecular flexibility index (Phi) is 4.61. The summed E-state index contributed by atoms with van der Waals surface area (Å²) in [5.41, 5.74) is 0.287. The van der Waals surface area contributed by atoms with Gasteiger partial charge in [0.2, 0.25) is 0 Å². The predicted octanol–water partition coefficient (Wildman–Crippen LogP) is 1.91. The van der Waals surface area contributed by atoms with Crippen LogP contribution < -0.4 is 4.74 Å². The zero-order chi connectivity index (χ0) is 13.8. The van der Waals surface area contributed by atoms with E-state index in [-0.39, 0.29) is 23.3 Å². The van der Waals surface area contributed by atoms with Gasteiger partial charge in [0.25, 0.3) is 5.91 Å². The highest BCUT2D eigenvalue weighted by molar-refractivity contribution is 6.18. The van der Waals surface area contributed by atoms with Crippen LogP contribution in [0.15, 0.2) is 18.2 Å². The Balaban J connectivity index is 2.20. The number of halogens is 2. The molecule has 1 aromatic carbocycles. The molecule has 0 radical (unpaired) electrons. The number of methoxy groups -OCH3 is 1. The van der Waals surface area contributed by atoms with Crippen LogP contribution in [0, 0.1) is 5.82 Å². The topological polar surface area (TPSA) is 38.8 Å². The molecule has 1 atom stereocenters. The lowest BCUT2D eigenvalue weighted by atomic mass is 10.1. The molecule has 6 heteroatoms. The van der Waals surface area contributed by atoms with Gasteiger partial charge in [-0.1, -0.05) is 0 Å². The van der Waals surface area contributed by atoms with Crippen LogP contribution >= 0.6 is 11.6 Å². The molecule has 1 aliphatic rings. The number of ether oxygens (including phenoxy) is 2. The number of amides is 1. The van der Waals surface area contributed by atoms with Crippen molar-refractivity contribution in [3.63, 3.8) is 0 Å². The summed E-state index contributed by atoms with van der Waals surface area (Å²) in [6.45, 7) is 1.34. The minimum Gasteiger partial charge on any atom is -0.494 e. The van der Waals surface area contributed by atoms with E-state index in [2.05, 4.69) is 0 Å². The molecule has 1 fully saturated rings. The maximum atomic E-state index is 13.6. The number of hydrogen-bond acceptors (Lipinski definition) is 3. The number of hydrogen-bond donors (Lipinski definition) is 0. The number of alkyl halides is 1. The first-order chi connectivity index (χ1) is 9.17. The fourth-order valence-corrected chi connectivity index (χ4v) is 2.27. The van der Waals surface area contributed by atoms with E-state index in [1.807, 2.05) is 0 Å². The monoisotopic (exact) mass is 287 g/mol. The van der Waals surface area contributed by atoms with Crippen molar-refractivity contribution in [1.82, 2.24) is 4.90 Å². The molecule has 1 aromatic rings. The third kappa shape index (κ3) is 2.98. The first kappa shape index (κ1) is 14.1. The second-order valence-electron chi connectivity index (χ2n) is 4.23. The summed E-state index contributed by atoms with van der Waals surface area (Å²) in [6, 6.07) is 4.00. The molecule has 19 heavy (non-hydrogen) atoms. The maximum absolute atomic E-state index is 13.6. The van der Waals surface area contributed by atoms with Crippen molar-refractivity contribution in [2.45, 2.75) is 6.04 Å². The highest BCUT2D eigenvalue weighted by Gasteiger charge is 2.27. The number of benzene rings is 1. The summed E-state index contributed by atoms with van der Waals surface area (Å²) in [6.07, 6.45) is 0. The smallest absolute Gasteiger partial charge is 0.254 e. The second-order valence-corrected chi connectivity index (χ2v) is 4.54. The summed E-state index contributed by atoms with van der Waals surface area (Å²) in [7, 11) is 1.38.